The van der Waals surface area contributed by atoms with E-state index in [0.29, 0.717) is 16.3 Å². The molecule has 0 spiro atoms. The summed E-state index contributed by atoms with van der Waals surface area (Å²) in [5.41, 5.74) is 3.19. The fourth-order valence-corrected chi connectivity index (χ4v) is 4.21. The average molecular weight is 456 g/mol. The van der Waals surface area contributed by atoms with E-state index in [-0.39, 0.29) is 29.9 Å². The number of carbonyl (C=O) groups is 2. The van der Waals surface area contributed by atoms with Gasteiger partial charge in [-0.2, -0.15) is 5.26 Å². The van der Waals surface area contributed by atoms with Crippen molar-refractivity contribution in [3.05, 3.63) is 74.7 Å². The summed E-state index contributed by atoms with van der Waals surface area (Å²) >= 11 is 4.60. The maximum Gasteiger partial charge on any atom is 0.234 e. The van der Waals surface area contributed by atoms with Crippen LogP contribution in [0, 0.1) is 18.3 Å². The number of nitrogens with zero attached hydrogens (tertiary/aromatic N) is 1. The van der Waals surface area contributed by atoms with Crippen molar-refractivity contribution in [1.29, 1.82) is 5.26 Å². The van der Waals surface area contributed by atoms with E-state index < -0.39 is 0 Å². The second-order valence-electron chi connectivity index (χ2n) is 6.42. The number of rotatable bonds is 5. The molecule has 1 atom stereocenters. The number of allylic oxidation sites excluding steroid dienone is 1. The number of benzene rings is 2. The van der Waals surface area contributed by atoms with Crippen molar-refractivity contribution < 1.29 is 9.59 Å². The molecule has 7 heteroatoms. The number of hydrogen-bond acceptors (Lipinski definition) is 4. The summed E-state index contributed by atoms with van der Waals surface area (Å²) in [4.78, 5) is 24.4. The Morgan fingerprint density at radius 2 is 2.07 bits per heavy atom. The van der Waals surface area contributed by atoms with Crippen molar-refractivity contribution >= 4 is 45.2 Å². The predicted molar refractivity (Wildman–Crippen MR) is 115 cm³/mol. The molecule has 3 rings (SSSR count). The number of nitrogens with one attached hydrogen (secondary N) is 2. The lowest BCUT2D eigenvalue weighted by atomic mass is 9.87. The van der Waals surface area contributed by atoms with E-state index in [1.807, 2.05) is 55.5 Å². The van der Waals surface area contributed by atoms with E-state index in [1.54, 1.807) is 0 Å². The van der Waals surface area contributed by atoms with Crippen LogP contribution in [0.4, 0.5) is 5.69 Å². The van der Waals surface area contributed by atoms with Gasteiger partial charge in [0.1, 0.15) is 0 Å². The van der Waals surface area contributed by atoms with Gasteiger partial charge in [0.2, 0.25) is 11.8 Å². The maximum atomic E-state index is 12.3. The zero-order valence-electron chi connectivity index (χ0n) is 15.2. The largest absolute Gasteiger partial charge is 0.325 e. The van der Waals surface area contributed by atoms with Gasteiger partial charge in [0, 0.05) is 22.5 Å². The quantitative estimate of drug-likeness (QED) is 0.696. The highest BCUT2D eigenvalue weighted by molar-refractivity contribution is 9.10. The normalized spacial score (nSPS) is 16.3. The van der Waals surface area contributed by atoms with Gasteiger partial charge >= 0.3 is 0 Å². The molecule has 0 radical (unpaired) electrons. The number of nitriles is 1. The third-order valence-electron chi connectivity index (χ3n) is 4.29. The summed E-state index contributed by atoms with van der Waals surface area (Å²) in [5.74, 6) is -0.582. The Morgan fingerprint density at radius 3 is 2.75 bits per heavy atom. The Morgan fingerprint density at radius 1 is 1.32 bits per heavy atom. The fraction of sp³-hybridized carbons (Fsp3) is 0.190. The van der Waals surface area contributed by atoms with Crippen LogP contribution in [0.2, 0.25) is 0 Å². The molecule has 1 aliphatic heterocycles. The molecule has 2 aromatic rings. The van der Waals surface area contributed by atoms with Crippen LogP contribution in [0.1, 0.15) is 23.5 Å². The van der Waals surface area contributed by atoms with Crippen molar-refractivity contribution in [2.75, 3.05) is 11.1 Å². The van der Waals surface area contributed by atoms with Crippen LogP contribution in [0.25, 0.3) is 0 Å². The molecule has 1 aliphatic rings. The van der Waals surface area contributed by atoms with Gasteiger partial charge in [0.25, 0.3) is 0 Å². The summed E-state index contributed by atoms with van der Waals surface area (Å²) in [6.45, 7) is 1.98. The third-order valence-corrected chi connectivity index (χ3v) is 5.80. The van der Waals surface area contributed by atoms with Crippen LogP contribution < -0.4 is 10.6 Å². The zero-order valence-corrected chi connectivity index (χ0v) is 17.6. The van der Waals surface area contributed by atoms with Gasteiger partial charge in [-0.1, -0.05) is 57.5 Å². The highest BCUT2D eigenvalue weighted by atomic mass is 79.9. The summed E-state index contributed by atoms with van der Waals surface area (Å²) < 4.78 is 0.889. The lowest BCUT2D eigenvalue weighted by Crippen LogP contribution is -2.31. The van der Waals surface area contributed by atoms with Gasteiger partial charge in [0.15, 0.2) is 0 Å². The molecular formula is C21H18BrN3O2S. The van der Waals surface area contributed by atoms with Crippen LogP contribution in [0.15, 0.2) is 63.6 Å². The summed E-state index contributed by atoms with van der Waals surface area (Å²) in [5, 5.41) is 15.7. The molecule has 2 amide bonds. The molecule has 0 aromatic heterocycles. The molecule has 0 unspecified atom stereocenters. The molecule has 0 saturated heterocycles. The topological polar surface area (TPSA) is 82.0 Å². The molecule has 2 N–H and O–H groups in total. The van der Waals surface area contributed by atoms with Gasteiger partial charge in [-0.15, -0.1) is 0 Å². The Balaban J connectivity index is 1.74. The SMILES string of the molecule is Cc1ccc(NC(=O)CSC2=C(C#N)[C@@H](c3cccc(Br)c3)CC(=O)N2)cc1. The Hall–Kier alpha value is -2.56. The van der Waals surface area contributed by atoms with Crippen molar-refractivity contribution in [1.82, 2.24) is 5.32 Å². The number of halogens is 1. The van der Waals surface area contributed by atoms with E-state index in [0.717, 1.165) is 15.6 Å². The maximum absolute atomic E-state index is 12.3. The molecule has 0 saturated carbocycles. The Bertz CT molecular complexity index is 980. The van der Waals surface area contributed by atoms with E-state index >= 15 is 0 Å². The van der Waals surface area contributed by atoms with Crippen LogP contribution in [-0.2, 0) is 9.59 Å². The summed E-state index contributed by atoms with van der Waals surface area (Å²) in [7, 11) is 0. The van der Waals surface area contributed by atoms with Crippen molar-refractivity contribution in [3.8, 4) is 6.07 Å². The predicted octanol–water partition coefficient (Wildman–Crippen LogP) is 4.47. The minimum atomic E-state index is -0.320. The number of anilines is 1. The molecule has 1 heterocycles. The van der Waals surface area contributed by atoms with Crippen molar-refractivity contribution in [2.45, 2.75) is 19.3 Å². The van der Waals surface area contributed by atoms with Crippen LogP contribution in [0.5, 0.6) is 0 Å². The molecule has 28 heavy (non-hydrogen) atoms. The van der Waals surface area contributed by atoms with E-state index in [2.05, 4.69) is 32.6 Å². The molecule has 0 bridgehead atoms. The average Bonchev–Trinajstić information content (AvgIpc) is 2.67. The standard InChI is InChI=1S/C21H18BrN3O2S/c1-13-5-7-16(8-6-13)24-20(27)12-28-21-18(11-23)17(10-19(26)25-21)14-3-2-4-15(22)9-14/h2-9,17H,10,12H2,1H3,(H,24,27)(H,25,26)/t17-/m1/s1. The highest BCUT2D eigenvalue weighted by Crippen LogP contribution is 2.36. The van der Waals surface area contributed by atoms with E-state index in [4.69, 9.17) is 0 Å². The third kappa shape index (κ3) is 5.03. The highest BCUT2D eigenvalue weighted by Gasteiger charge is 2.30. The number of hydrogen-bond donors (Lipinski definition) is 2. The van der Waals surface area contributed by atoms with E-state index in [9.17, 15) is 14.9 Å². The molecule has 0 aliphatic carbocycles. The van der Waals surface area contributed by atoms with Gasteiger partial charge < -0.3 is 10.6 Å². The van der Waals surface area contributed by atoms with Crippen molar-refractivity contribution in [2.24, 2.45) is 0 Å². The second kappa shape index (κ2) is 9.09. The van der Waals surface area contributed by atoms with Crippen molar-refractivity contribution in [3.63, 3.8) is 0 Å². The molecule has 5 nitrogen and oxygen atoms in total. The fourth-order valence-electron chi connectivity index (χ4n) is 2.91. The number of carbonyl (C=O) groups excluding carboxylic acids is 2. The van der Waals surface area contributed by atoms with Gasteiger partial charge in [-0.3, -0.25) is 9.59 Å². The monoisotopic (exact) mass is 455 g/mol. The summed E-state index contributed by atoms with van der Waals surface area (Å²) in [6.07, 6.45) is 0.207. The first-order valence-electron chi connectivity index (χ1n) is 8.65. The first kappa shape index (κ1) is 20.2. The lowest BCUT2D eigenvalue weighted by molar-refractivity contribution is -0.121. The first-order chi connectivity index (χ1) is 13.5. The van der Waals surface area contributed by atoms with Crippen LogP contribution >= 0.6 is 27.7 Å². The number of amides is 2. The lowest BCUT2D eigenvalue weighted by Gasteiger charge is -2.25. The molecule has 0 fully saturated rings. The smallest absolute Gasteiger partial charge is 0.234 e. The molecular weight excluding hydrogens is 438 g/mol. The minimum Gasteiger partial charge on any atom is -0.325 e. The van der Waals surface area contributed by atoms with Gasteiger partial charge in [0.05, 0.1) is 22.4 Å². The first-order valence-corrected chi connectivity index (χ1v) is 10.4. The van der Waals surface area contributed by atoms with Crippen LogP contribution in [0.3, 0.4) is 0 Å². The van der Waals surface area contributed by atoms with Gasteiger partial charge in [-0.05, 0) is 36.8 Å². The molecule has 142 valence electrons. The number of aryl methyl sites for hydroxylation is 1. The van der Waals surface area contributed by atoms with Crippen LogP contribution in [-0.4, -0.2) is 17.6 Å². The Labute approximate surface area is 176 Å². The minimum absolute atomic E-state index is 0.0971. The Kier molecular flexibility index (Phi) is 6.55. The second-order valence-corrected chi connectivity index (χ2v) is 8.32. The number of thioether (sulfide) groups is 1. The zero-order chi connectivity index (χ0) is 20.1. The van der Waals surface area contributed by atoms with E-state index in [1.165, 1.54) is 11.8 Å². The summed E-state index contributed by atoms with van der Waals surface area (Å²) in [6, 6.07) is 17.3. The molecule has 2 aromatic carbocycles. The van der Waals surface area contributed by atoms with Gasteiger partial charge in [-0.25, -0.2) is 0 Å².